The highest BCUT2D eigenvalue weighted by Crippen LogP contribution is 1.99. The number of hydrogen-bond acceptors (Lipinski definition) is 2. The minimum atomic E-state index is -0.292. The highest BCUT2D eigenvalue weighted by molar-refractivity contribution is 5.79. The average molecular weight is 186 g/mol. The maximum Gasteiger partial charge on any atom is 0.238 e. The van der Waals surface area contributed by atoms with Crippen LogP contribution in [0.4, 0.5) is 0 Å². The number of amides is 1. The van der Waals surface area contributed by atoms with Crippen LogP contribution in [0.1, 0.15) is 12.0 Å². The number of nitrogens with zero attached hydrogens (tertiary/aromatic N) is 1. The van der Waals surface area contributed by atoms with Crippen LogP contribution in [0.5, 0.6) is 0 Å². The Morgan fingerprint density at radius 1 is 1.43 bits per heavy atom. The largest absolute Gasteiger partial charge is 0.332 e. The summed E-state index contributed by atoms with van der Waals surface area (Å²) in [6.07, 6.45) is 3.20. The van der Waals surface area contributed by atoms with E-state index in [-0.39, 0.29) is 12.3 Å². The first kappa shape index (κ1) is 10.0. The maximum absolute atomic E-state index is 10.8. The molecule has 0 atom stereocenters. The van der Waals surface area contributed by atoms with Crippen LogP contribution >= 0.6 is 0 Å². The van der Waals surface area contributed by atoms with E-state index in [2.05, 4.69) is 5.32 Å². The molecule has 0 aromatic heterocycles. The van der Waals surface area contributed by atoms with Gasteiger partial charge < -0.3 is 5.32 Å². The predicted molar refractivity (Wildman–Crippen MR) is 53.8 cm³/mol. The van der Waals surface area contributed by atoms with Crippen LogP contribution in [0.2, 0.25) is 0 Å². The first-order valence-electron chi connectivity index (χ1n) is 4.21. The summed E-state index contributed by atoms with van der Waals surface area (Å²) in [5, 5.41) is 10.7. The molecule has 0 spiro atoms. The molecule has 0 radical (unpaired) electrons. The molecule has 3 nitrogen and oxygen atoms in total. The highest BCUT2D eigenvalue weighted by Gasteiger charge is 1.93. The Balaban J connectivity index is 2.43. The third-order valence-electron chi connectivity index (χ3n) is 1.56. The Morgan fingerprint density at radius 3 is 2.79 bits per heavy atom. The molecule has 0 aliphatic carbocycles. The van der Waals surface area contributed by atoms with Gasteiger partial charge in [-0.25, -0.2) is 0 Å². The second-order valence-corrected chi connectivity index (χ2v) is 2.65. The van der Waals surface area contributed by atoms with E-state index in [0.717, 1.165) is 5.56 Å². The second kappa shape index (κ2) is 5.55. The first-order valence-corrected chi connectivity index (χ1v) is 4.21. The molecular weight excluding hydrogens is 176 g/mol. The molecule has 14 heavy (non-hydrogen) atoms. The van der Waals surface area contributed by atoms with Gasteiger partial charge in [-0.3, -0.25) is 4.79 Å². The fraction of sp³-hybridized carbons (Fsp3) is 0.0909. The summed E-state index contributed by atoms with van der Waals surface area (Å²) in [6, 6.07) is 11.4. The smallest absolute Gasteiger partial charge is 0.238 e. The van der Waals surface area contributed by atoms with Crippen molar-refractivity contribution in [1.29, 1.82) is 5.26 Å². The standard InChI is InChI=1S/C11H10N2O/c12-8-6-11(14)13-9-7-10-4-2-1-3-5-10/h1-5,7,9H,6H2,(H,13,14)/b9-7+. The van der Waals surface area contributed by atoms with Gasteiger partial charge in [-0.1, -0.05) is 30.3 Å². The van der Waals surface area contributed by atoms with Gasteiger partial charge in [0.2, 0.25) is 5.91 Å². The summed E-state index contributed by atoms with van der Waals surface area (Å²) in [5.74, 6) is -0.292. The topological polar surface area (TPSA) is 52.9 Å². The average Bonchev–Trinajstić information content (AvgIpc) is 2.20. The van der Waals surface area contributed by atoms with E-state index < -0.39 is 0 Å². The van der Waals surface area contributed by atoms with Gasteiger partial charge in [-0.05, 0) is 11.6 Å². The molecule has 0 aliphatic rings. The fourth-order valence-electron chi connectivity index (χ4n) is 0.918. The molecule has 1 amide bonds. The molecule has 0 heterocycles. The van der Waals surface area contributed by atoms with E-state index in [4.69, 9.17) is 5.26 Å². The van der Waals surface area contributed by atoms with Gasteiger partial charge in [0.25, 0.3) is 0 Å². The molecule has 0 saturated heterocycles. The van der Waals surface area contributed by atoms with Gasteiger partial charge in [0.05, 0.1) is 6.07 Å². The van der Waals surface area contributed by atoms with Gasteiger partial charge in [-0.15, -0.1) is 0 Å². The van der Waals surface area contributed by atoms with Crippen LogP contribution in [0, 0.1) is 11.3 Å². The summed E-state index contributed by atoms with van der Waals surface area (Å²) in [5.41, 5.74) is 1.00. The number of carbonyl (C=O) groups is 1. The van der Waals surface area contributed by atoms with E-state index in [1.165, 1.54) is 6.20 Å². The van der Waals surface area contributed by atoms with E-state index in [9.17, 15) is 4.79 Å². The van der Waals surface area contributed by atoms with E-state index in [0.29, 0.717) is 0 Å². The fourth-order valence-corrected chi connectivity index (χ4v) is 0.918. The molecule has 0 unspecified atom stereocenters. The molecule has 3 heteroatoms. The molecular formula is C11H10N2O. The van der Waals surface area contributed by atoms with Crippen LogP contribution in [0.25, 0.3) is 6.08 Å². The van der Waals surface area contributed by atoms with Crippen molar-refractivity contribution in [3.05, 3.63) is 42.1 Å². The molecule has 70 valence electrons. The zero-order valence-corrected chi connectivity index (χ0v) is 7.60. The van der Waals surface area contributed by atoms with Crippen molar-refractivity contribution in [2.24, 2.45) is 0 Å². The molecule has 0 aliphatic heterocycles. The number of benzene rings is 1. The molecule has 0 bridgehead atoms. The molecule has 0 saturated carbocycles. The number of nitriles is 1. The van der Waals surface area contributed by atoms with Gasteiger partial charge >= 0.3 is 0 Å². The minimum Gasteiger partial charge on any atom is -0.332 e. The van der Waals surface area contributed by atoms with Crippen LogP contribution in [0.3, 0.4) is 0 Å². The van der Waals surface area contributed by atoms with Gasteiger partial charge in [-0.2, -0.15) is 5.26 Å². The van der Waals surface area contributed by atoms with Crippen LogP contribution in [-0.4, -0.2) is 5.91 Å². The molecule has 1 aromatic rings. The van der Waals surface area contributed by atoms with Crippen molar-refractivity contribution in [2.45, 2.75) is 6.42 Å². The number of rotatable bonds is 3. The third-order valence-corrected chi connectivity index (χ3v) is 1.56. The SMILES string of the molecule is N#CCC(=O)N/C=C/c1ccccc1. The Labute approximate surface area is 82.7 Å². The molecule has 0 fully saturated rings. The zero-order chi connectivity index (χ0) is 10.2. The number of carbonyl (C=O) groups excluding carboxylic acids is 1. The van der Waals surface area contributed by atoms with Crippen molar-refractivity contribution in [2.75, 3.05) is 0 Å². The van der Waals surface area contributed by atoms with Gasteiger partial charge in [0, 0.05) is 6.20 Å². The molecule has 1 N–H and O–H groups in total. The first-order chi connectivity index (χ1) is 6.83. The minimum absolute atomic E-state index is 0.112. The summed E-state index contributed by atoms with van der Waals surface area (Å²) in [7, 11) is 0. The van der Waals surface area contributed by atoms with E-state index in [1.807, 2.05) is 30.3 Å². The summed E-state index contributed by atoms with van der Waals surface area (Å²) < 4.78 is 0. The maximum atomic E-state index is 10.8. The second-order valence-electron chi connectivity index (χ2n) is 2.65. The van der Waals surface area contributed by atoms with E-state index >= 15 is 0 Å². The Bertz CT molecular complexity index is 363. The summed E-state index contributed by atoms with van der Waals surface area (Å²) >= 11 is 0. The van der Waals surface area contributed by atoms with Gasteiger partial charge in [0.1, 0.15) is 6.42 Å². The zero-order valence-electron chi connectivity index (χ0n) is 7.60. The molecule has 1 aromatic carbocycles. The highest BCUT2D eigenvalue weighted by atomic mass is 16.1. The lowest BCUT2D eigenvalue weighted by molar-refractivity contribution is -0.119. The van der Waals surface area contributed by atoms with Gasteiger partial charge in [0.15, 0.2) is 0 Å². The van der Waals surface area contributed by atoms with Crippen molar-refractivity contribution >= 4 is 12.0 Å². The van der Waals surface area contributed by atoms with Crippen molar-refractivity contribution in [1.82, 2.24) is 5.32 Å². The lowest BCUT2D eigenvalue weighted by atomic mass is 10.2. The van der Waals surface area contributed by atoms with E-state index in [1.54, 1.807) is 12.1 Å². The van der Waals surface area contributed by atoms with Crippen LogP contribution < -0.4 is 5.32 Å². The third kappa shape index (κ3) is 3.55. The van der Waals surface area contributed by atoms with Crippen molar-refractivity contribution in [3.63, 3.8) is 0 Å². The van der Waals surface area contributed by atoms with Crippen LogP contribution in [0.15, 0.2) is 36.5 Å². The predicted octanol–water partition coefficient (Wildman–Crippen LogP) is 1.69. The monoisotopic (exact) mass is 186 g/mol. The Kier molecular flexibility index (Phi) is 3.96. The van der Waals surface area contributed by atoms with Crippen molar-refractivity contribution in [3.8, 4) is 6.07 Å². The quantitative estimate of drug-likeness (QED) is 0.780. The molecule has 1 rings (SSSR count). The lowest BCUT2D eigenvalue weighted by Crippen LogP contribution is -2.15. The number of hydrogen-bond donors (Lipinski definition) is 1. The number of nitrogens with one attached hydrogen (secondary N) is 1. The normalized spacial score (nSPS) is 9.64. The Hall–Kier alpha value is -2.08. The van der Waals surface area contributed by atoms with Crippen LogP contribution in [-0.2, 0) is 4.79 Å². The Morgan fingerprint density at radius 2 is 2.14 bits per heavy atom. The summed E-state index contributed by atoms with van der Waals surface area (Å²) in [6.45, 7) is 0. The lowest BCUT2D eigenvalue weighted by Gasteiger charge is -1.93. The van der Waals surface area contributed by atoms with Crippen molar-refractivity contribution < 1.29 is 4.79 Å². The summed E-state index contributed by atoms with van der Waals surface area (Å²) in [4.78, 5) is 10.8.